The number of aromatic nitrogens is 2. The van der Waals surface area contributed by atoms with Gasteiger partial charge in [0, 0.05) is 31.3 Å². The second-order valence-corrected chi connectivity index (χ2v) is 7.59. The maximum atomic E-state index is 12.8. The van der Waals surface area contributed by atoms with Crippen molar-refractivity contribution in [2.24, 2.45) is 5.92 Å². The van der Waals surface area contributed by atoms with E-state index >= 15 is 0 Å². The zero-order valence-electron chi connectivity index (χ0n) is 17.6. The maximum absolute atomic E-state index is 12.8. The molecule has 2 aromatic rings. The average molecular weight is 413 g/mol. The number of nitrogens with zero attached hydrogens (tertiary/aromatic N) is 3. The van der Waals surface area contributed by atoms with Crippen molar-refractivity contribution in [1.29, 1.82) is 0 Å². The van der Waals surface area contributed by atoms with Crippen molar-refractivity contribution in [2.75, 3.05) is 38.8 Å². The van der Waals surface area contributed by atoms with E-state index in [1.165, 1.54) is 0 Å². The fraction of sp³-hybridized carbons (Fsp3) is 0.500. The van der Waals surface area contributed by atoms with Crippen LogP contribution in [-0.2, 0) is 22.5 Å². The van der Waals surface area contributed by atoms with Crippen LogP contribution in [-0.4, -0.2) is 49.4 Å². The number of hydrogen-bond acceptors (Lipinski definition) is 7. The summed E-state index contributed by atoms with van der Waals surface area (Å²) in [6.07, 6.45) is 2.36. The van der Waals surface area contributed by atoms with Crippen molar-refractivity contribution in [3.05, 3.63) is 34.2 Å². The van der Waals surface area contributed by atoms with Crippen molar-refractivity contribution in [1.82, 2.24) is 9.55 Å². The van der Waals surface area contributed by atoms with Crippen molar-refractivity contribution in [2.45, 2.75) is 32.7 Å². The van der Waals surface area contributed by atoms with Crippen molar-refractivity contribution in [3.8, 4) is 22.8 Å². The van der Waals surface area contributed by atoms with Crippen molar-refractivity contribution >= 4 is 11.8 Å². The molecule has 0 unspecified atom stereocenters. The molecule has 1 atom stereocenters. The number of fused-ring (bicyclic) bond motifs is 3. The molecule has 0 saturated carbocycles. The van der Waals surface area contributed by atoms with Gasteiger partial charge < -0.3 is 19.1 Å². The summed E-state index contributed by atoms with van der Waals surface area (Å²) < 4.78 is 17.8. The van der Waals surface area contributed by atoms with E-state index in [0.717, 1.165) is 42.6 Å². The molecule has 160 valence electrons. The molecule has 8 nitrogen and oxygen atoms in total. The molecule has 0 amide bonds. The first-order valence-electron chi connectivity index (χ1n) is 10.3. The highest BCUT2D eigenvalue weighted by atomic mass is 16.5. The minimum Gasteiger partial charge on any atom is -0.493 e. The Morgan fingerprint density at radius 2 is 1.93 bits per heavy atom. The van der Waals surface area contributed by atoms with Gasteiger partial charge >= 0.3 is 11.7 Å². The molecule has 0 N–H and O–H groups in total. The average Bonchev–Trinajstić information content (AvgIpc) is 2.78. The van der Waals surface area contributed by atoms with E-state index in [0.29, 0.717) is 37.0 Å². The first-order chi connectivity index (χ1) is 14.5. The molecule has 30 heavy (non-hydrogen) atoms. The third kappa shape index (κ3) is 3.62. The highest BCUT2D eigenvalue weighted by Crippen LogP contribution is 2.38. The highest BCUT2D eigenvalue weighted by molar-refractivity contribution is 5.74. The summed E-state index contributed by atoms with van der Waals surface area (Å²) in [6, 6.07) is 5.83. The van der Waals surface area contributed by atoms with E-state index in [1.807, 2.05) is 30.0 Å². The van der Waals surface area contributed by atoms with Gasteiger partial charge in [0.05, 0.1) is 32.4 Å². The Kier molecular flexibility index (Phi) is 5.65. The molecular weight excluding hydrogens is 386 g/mol. The fourth-order valence-corrected chi connectivity index (χ4v) is 4.33. The lowest BCUT2D eigenvalue weighted by Gasteiger charge is -2.33. The van der Waals surface area contributed by atoms with Gasteiger partial charge in [0.25, 0.3) is 0 Å². The molecule has 0 aliphatic carbocycles. The van der Waals surface area contributed by atoms with Crippen molar-refractivity contribution < 1.29 is 19.0 Å². The largest absolute Gasteiger partial charge is 0.493 e. The first kappa shape index (κ1) is 20.3. The van der Waals surface area contributed by atoms with Crippen molar-refractivity contribution in [3.63, 3.8) is 0 Å². The van der Waals surface area contributed by atoms with Crippen LogP contribution in [0.15, 0.2) is 23.0 Å². The zero-order chi connectivity index (χ0) is 21.3. The molecule has 1 aromatic heterocycles. The van der Waals surface area contributed by atoms with Crippen LogP contribution in [0.4, 0.5) is 5.82 Å². The number of hydrogen-bond donors (Lipinski definition) is 0. The van der Waals surface area contributed by atoms with Crippen LogP contribution in [0.25, 0.3) is 11.3 Å². The fourth-order valence-electron chi connectivity index (χ4n) is 4.33. The molecule has 1 saturated heterocycles. The summed E-state index contributed by atoms with van der Waals surface area (Å²) in [4.78, 5) is 31.4. The number of anilines is 1. The Morgan fingerprint density at radius 1 is 1.17 bits per heavy atom. The second-order valence-electron chi connectivity index (χ2n) is 7.59. The summed E-state index contributed by atoms with van der Waals surface area (Å²) in [5, 5.41) is 0. The number of ether oxygens (including phenoxy) is 3. The quantitative estimate of drug-likeness (QED) is 0.696. The van der Waals surface area contributed by atoms with Crippen LogP contribution in [0.3, 0.4) is 0 Å². The lowest BCUT2D eigenvalue weighted by molar-refractivity contribution is -0.148. The van der Waals surface area contributed by atoms with Gasteiger partial charge in [0.15, 0.2) is 11.5 Å². The molecule has 0 spiro atoms. The monoisotopic (exact) mass is 413 g/mol. The number of carbonyl (C=O) groups excluding carboxylic acids is 1. The summed E-state index contributed by atoms with van der Waals surface area (Å²) in [6.45, 7) is 4.01. The minimum atomic E-state index is -0.277. The third-order valence-corrected chi connectivity index (χ3v) is 5.85. The number of esters is 1. The summed E-state index contributed by atoms with van der Waals surface area (Å²) in [7, 11) is 3.21. The topological polar surface area (TPSA) is 82.9 Å². The van der Waals surface area contributed by atoms with E-state index in [4.69, 9.17) is 14.2 Å². The Hall–Kier alpha value is -3.03. The Bertz CT molecular complexity index is 1020. The molecule has 0 radical (unpaired) electrons. The summed E-state index contributed by atoms with van der Waals surface area (Å²) in [5.41, 5.74) is 2.58. The molecule has 2 aliphatic rings. The lowest BCUT2D eigenvalue weighted by Crippen LogP contribution is -2.41. The smallest absolute Gasteiger partial charge is 0.350 e. The number of carbonyl (C=O) groups is 1. The van der Waals surface area contributed by atoms with Crippen LogP contribution in [0.5, 0.6) is 11.5 Å². The SMILES string of the molecule is CCOC(=O)[C@@H]1CCCN(c2cc3n(c(=O)n2)CCc2cc(OC)c(OC)cc2-3)C1. The van der Waals surface area contributed by atoms with Crippen LogP contribution in [0, 0.1) is 5.92 Å². The van der Waals surface area contributed by atoms with Crippen LogP contribution < -0.4 is 20.1 Å². The molecule has 1 fully saturated rings. The minimum absolute atomic E-state index is 0.181. The van der Waals surface area contributed by atoms with Crippen LogP contribution in [0.1, 0.15) is 25.3 Å². The van der Waals surface area contributed by atoms with Gasteiger partial charge in [-0.2, -0.15) is 4.98 Å². The predicted octanol–water partition coefficient (Wildman–Crippen LogP) is 2.26. The predicted molar refractivity (Wildman–Crippen MR) is 112 cm³/mol. The number of rotatable bonds is 5. The van der Waals surface area contributed by atoms with Gasteiger partial charge in [0.1, 0.15) is 5.82 Å². The lowest BCUT2D eigenvalue weighted by atomic mass is 9.96. The van der Waals surface area contributed by atoms with E-state index in [1.54, 1.807) is 18.8 Å². The van der Waals surface area contributed by atoms with Gasteiger partial charge in [-0.25, -0.2) is 4.79 Å². The highest BCUT2D eigenvalue weighted by Gasteiger charge is 2.29. The molecule has 8 heteroatoms. The normalized spacial score (nSPS) is 17.7. The number of aryl methyl sites for hydroxylation is 1. The number of piperidine rings is 1. The third-order valence-electron chi connectivity index (χ3n) is 5.85. The Labute approximate surface area is 175 Å². The van der Waals surface area contributed by atoms with Crippen LogP contribution >= 0.6 is 0 Å². The summed E-state index contributed by atoms with van der Waals surface area (Å²) in [5.74, 6) is 1.52. The van der Waals surface area contributed by atoms with Gasteiger partial charge in [-0.1, -0.05) is 0 Å². The van der Waals surface area contributed by atoms with Gasteiger partial charge in [0.2, 0.25) is 0 Å². The second kappa shape index (κ2) is 8.38. The number of benzene rings is 1. The van der Waals surface area contributed by atoms with E-state index in [-0.39, 0.29) is 17.6 Å². The summed E-state index contributed by atoms with van der Waals surface area (Å²) >= 11 is 0. The maximum Gasteiger partial charge on any atom is 0.350 e. The Balaban J connectivity index is 1.72. The molecule has 0 bridgehead atoms. The molecule has 3 heterocycles. The first-order valence-corrected chi connectivity index (χ1v) is 10.3. The molecule has 1 aromatic carbocycles. The molecular formula is C22H27N3O5. The van der Waals surface area contributed by atoms with Gasteiger partial charge in [-0.3, -0.25) is 9.36 Å². The number of methoxy groups -OCH3 is 2. The molecule has 2 aliphatic heterocycles. The standard InChI is InChI=1S/C22H27N3O5/c1-4-30-21(26)15-6-5-8-24(13-15)20-12-17-16-11-19(29-3)18(28-2)10-14(16)7-9-25(17)22(27)23-20/h10-12,15H,4-9,13H2,1-3H3/t15-/m1/s1. The Morgan fingerprint density at radius 3 is 2.67 bits per heavy atom. The zero-order valence-corrected chi connectivity index (χ0v) is 17.6. The molecule has 4 rings (SSSR count). The van der Waals surface area contributed by atoms with Gasteiger partial charge in [-0.15, -0.1) is 0 Å². The van der Waals surface area contributed by atoms with Gasteiger partial charge in [-0.05, 0) is 43.9 Å². The van der Waals surface area contributed by atoms with E-state index in [2.05, 4.69) is 4.98 Å². The van der Waals surface area contributed by atoms with Crippen LogP contribution in [0.2, 0.25) is 0 Å². The van der Waals surface area contributed by atoms with E-state index in [9.17, 15) is 9.59 Å². The van der Waals surface area contributed by atoms with E-state index < -0.39 is 0 Å².